The molecule has 2 rings (SSSR count). The van der Waals surface area contributed by atoms with Crippen LogP contribution in [0.15, 0.2) is 6.20 Å². The van der Waals surface area contributed by atoms with Crippen LogP contribution < -0.4 is 5.32 Å². The van der Waals surface area contributed by atoms with E-state index in [-0.39, 0.29) is 5.28 Å². The second-order valence-corrected chi connectivity index (χ2v) is 4.74. The van der Waals surface area contributed by atoms with Gasteiger partial charge in [0.2, 0.25) is 5.28 Å². The Hall–Kier alpha value is -0.910. The molecule has 0 bridgehead atoms. The predicted molar refractivity (Wildman–Crippen MR) is 72.1 cm³/mol. The molecule has 0 unspecified atom stereocenters. The van der Waals surface area contributed by atoms with Gasteiger partial charge < -0.3 is 10.1 Å². The van der Waals surface area contributed by atoms with E-state index < -0.39 is 0 Å². The van der Waals surface area contributed by atoms with E-state index in [1.54, 1.807) is 6.20 Å². The van der Waals surface area contributed by atoms with E-state index in [1.165, 1.54) is 0 Å². The van der Waals surface area contributed by atoms with Crippen LogP contribution in [0.25, 0.3) is 0 Å². The first-order chi connectivity index (χ1) is 8.75. The van der Waals surface area contributed by atoms with Gasteiger partial charge in [-0.15, -0.1) is 0 Å². The Bertz CT molecular complexity index is 382. The lowest BCUT2D eigenvalue weighted by Crippen LogP contribution is -2.37. The van der Waals surface area contributed by atoms with Gasteiger partial charge in [-0.1, -0.05) is 0 Å². The van der Waals surface area contributed by atoms with Crippen molar-refractivity contribution in [2.45, 2.75) is 13.3 Å². The van der Waals surface area contributed by atoms with Gasteiger partial charge in [-0.05, 0) is 31.5 Å². The van der Waals surface area contributed by atoms with Crippen molar-refractivity contribution in [3.63, 3.8) is 0 Å². The summed E-state index contributed by atoms with van der Waals surface area (Å²) in [5.41, 5.74) is 1.02. The largest absolute Gasteiger partial charge is 0.379 e. The fourth-order valence-electron chi connectivity index (χ4n) is 1.93. The number of nitrogens with one attached hydrogen (secondary N) is 1. The first-order valence-corrected chi connectivity index (χ1v) is 6.66. The van der Waals surface area contributed by atoms with Crippen molar-refractivity contribution in [2.24, 2.45) is 0 Å². The monoisotopic (exact) mass is 270 g/mol. The molecule has 1 N–H and O–H groups in total. The summed E-state index contributed by atoms with van der Waals surface area (Å²) in [6.45, 7) is 7.75. The number of nitrogens with zero attached hydrogens (tertiary/aromatic N) is 3. The molecule has 100 valence electrons. The van der Waals surface area contributed by atoms with E-state index in [0.717, 1.165) is 57.2 Å². The van der Waals surface area contributed by atoms with Crippen LogP contribution in [0, 0.1) is 6.92 Å². The number of halogens is 1. The van der Waals surface area contributed by atoms with E-state index in [9.17, 15) is 0 Å². The number of ether oxygens (including phenoxy) is 1. The number of anilines is 1. The molecule has 1 saturated heterocycles. The summed E-state index contributed by atoms with van der Waals surface area (Å²) >= 11 is 5.77. The number of rotatable bonds is 5. The van der Waals surface area contributed by atoms with Crippen molar-refractivity contribution in [2.75, 3.05) is 44.7 Å². The Balaban J connectivity index is 1.69. The maximum atomic E-state index is 5.77. The molecule has 0 aliphatic carbocycles. The standard InChI is InChI=1S/C12H19ClN4O/c1-10-9-15-12(13)16-11(10)14-3-2-4-17-5-7-18-8-6-17/h9H,2-8H2,1H3,(H,14,15,16). The molecule has 1 aromatic rings. The third kappa shape index (κ3) is 4.08. The molecular formula is C12H19ClN4O. The molecule has 0 spiro atoms. The Morgan fingerprint density at radius 2 is 2.22 bits per heavy atom. The lowest BCUT2D eigenvalue weighted by Gasteiger charge is -2.26. The van der Waals surface area contributed by atoms with E-state index in [4.69, 9.17) is 16.3 Å². The maximum absolute atomic E-state index is 5.77. The number of aromatic nitrogens is 2. The van der Waals surface area contributed by atoms with Gasteiger partial charge in [0, 0.05) is 31.4 Å². The van der Waals surface area contributed by atoms with E-state index >= 15 is 0 Å². The Labute approximate surface area is 113 Å². The zero-order valence-electron chi connectivity index (χ0n) is 10.7. The second-order valence-electron chi connectivity index (χ2n) is 4.40. The highest BCUT2D eigenvalue weighted by Gasteiger charge is 2.09. The minimum atomic E-state index is 0.288. The first-order valence-electron chi connectivity index (χ1n) is 6.29. The van der Waals surface area contributed by atoms with Crippen molar-refractivity contribution in [1.82, 2.24) is 14.9 Å². The minimum Gasteiger partial charge on any atom is -0.379 e. The van der Waals surface area contributed by atoms with E-state index in [0.29, 0.717) is 0 Å². The smallest absolute Gasteiger partial charge is 0.224 e. The average Bonchev–Trinajstić information content (AvgIpc) is 2.40. The van der Waals surface area contributed by atoms with Crippen molar-refractivity contribution < 1.29 is 4.74 Å². The van der Waals surface area contributed by atoms with Crippen LogP contribution in [0.2, 0.25) is 5.28 Å². The van der Waals surface area contributed by atoms with Crippen LogP contribution in [0.1, 0.15) is 12.0 Å². The molecule has 18 heavy (non-hydrogen) atoms. The normalized spacial score (nSPS) is 16.8. The predicted octanol–water partition coefficient (Wildman–Crippen LogP) is 1.57. The summed E-state index contributed by atoms with van der Waals surface area (Å²) in [5.74, 6) is 0.831. The van der Waals surface area contributed by atoms with Gasteiger partial charge >= 0.3 is 0 Å². The summed E-state index contributed by atoms with van der Waals surface area (Å²) in [5, 5.41) is 3.59. The summed E-state index contributed by atoms with van der Waals surface area (Å²) in [7, 11) is 0. The van der Waals surface area contributed by atoms with Crippen LogP contribution in [0.5, 0.6) is 0 Å². The molecule has 0 atom stereocenters. The third-order valence-corrected chi connectivity index (χ3v) is 3.17. The highest BCUT2D eigenvalue weighted by atomic mass is 35.5. The molecule has 1 aliphatic rings. The third-order valence-electron chi connectivity index (χ3n) is 2.99. The molecular weight excluding hydrogens is 252 g/mol. The fourth-order valence-corrected chi connectivity index (χ4v) is 2.07. The molecule has 1 fully saturated rings. The molecule has 2 heterocycles. The molecule has 0 amide bonds. The summed E-state index contributed by atoms with van der Waals surface area (Å²) < 4.78 is 5.32. The van der Waals surface area contributed by atoms with Gasteiger partial charge in [0.25, 0.3) is 0 Å². The first kappa shape index (κ1) is 13.5. The highest BCUT2D eigenvalue weighted by Crippen LogP contribution is 2.12. The van der Waals surface area contributed by atoms with Crippen molar-refractivity contribution >= 4 is 17.4 Å². The van der Waals surface area contributed by atoms with Gasteiger partial charge in [0.1, 0.15) is 5.82 Å². The molecule has 1 aromatic heterocycles. The quantitative estimate of drug-likeness (QED) is 0.650. The SMILES string of the molecule is Cc1cnc(Cl)nc1NCCCN1CCOCC1. The van der Waals surface area contributed by atoms with Crippen molar-refractivity contribution in [3.05, 3.63) is 17.0 Å². The Kier molecular flexibility index (Phi) is 5.16. The van der Waals surface area contributed by atoms with Crippen LogP contribution >= 0.6 is 11.6 Å². The molecule has 0 aromatic carbocycles. The average molecular weight is 271 g/mol. The second kappa shape index (κ2) is 6.87. The number of hydrogen-bond donors (Lipinski definition) is 1. The van der Waals surface area contributed by atoms with Gasteiger partial charge in [-0.25, -0.2) is 9.97 Å². The zero-order chi connectivity index (χ0) is 12.8. The summed E-state index contributed by atoms with van der Waals surface area (Å²) in [6.07, 6.45) is 2.82. The Morgan fingerprint density at radius 1 is 1.44 bits per heavy atom. The maximum Gasteiger partial charge on any atom is 0.224 e. The van der Waals surface area contributed by atoms with Crippen LogP contribution in [0.3, 0.4) is 0 Å². The van der Waals surface area contributed by atoms with Gasteiger partial charge in [-0.2, -0.15) is 0 Å². The number of hydrogen-bond acceptors (Lipinski definition) is 5. The fraction of sp³-hybridized carbons (Fsp3) is 0.667. The van der Waals surface area contributed by atoms with Gasteiger partial charge in [-0.3, -0.25) is 4.90 Å². The van der Waals surface area contributed by atoms with Crippen molar-refractivity contribution in [1.29, 1.82) is 0 Å². The minimum absolute atomic E-state index is 0.288. The highest BCUT2D eigenvalue weighted by molar-refractivity contribution is 6.28. The van der Waals surface area contributed by atoms with Crippen LogP contribution in [-0.4, -0.2) is 54.3 Å². The topological polar surface area (TPSA) is 50.3 Å². The Morgan fingerprint density at radius 3 is 3.00 bits per heavy atom. The zero-order valence-corrected chi connectivity index (χ0v) is 11.4. The van der Waals surface area contributed by atoms with Gasteiger partial charge in [0.15, 0.2) is 0 Å². The van der Waals surface area contributed by atoms with Crippen LogP contribution in [0.4, 0.5) is 5.82 Å². The molecule has 5 nitrogen and oxygen atoms in total. The molecule has 0 radical (unpaired) electrons. The number of aryl methyl sites for hydroxylation is 1. The molecule has 0 saturated carbocycles. The van der Waals surface area contributed by atoms with E-state index in [2.05, 4.69) is 20.2 Å². The molecule has 6 heteroatoms. The number of morpholine rings is 1. The lowest BCUT2D eigenvalue weighted by molar-refractivity contribution is 0.0378. The van der Waals surface area contributed by atoms with Crippen molar-refractivity contribution in [3.8, 4) is 0 Å². The summed E-state index contributed by atoms with van der Waals surface area (Å²) in [4.78, 5) is 10.5. The van der Waals surface area contributed by atoms with Gasteiger partial charge in [0.05, 0.1) is 13.2 Å². The molecule has 1 aliphatic heterocycles. The lowest BCUT2D eigenvalue weighted by atomic mass is 10.3. The van der Waals surface area contributed by atoms with E-state index in [1.807, 2.05) is 6.92 Å². The van der Waals surface area contributed by atoms with Crippen LogP contribution in [-0.2, 0) is 4.74 Å². The summed E-state index contributed by atoms with van der Waals surface area (Å²) in [6, 6.07) is 0.